The van der Waals surface area contributed by atoms with Crippen molar-refractivity contribution in [3.05, 3.63) is 108 Å². The molecule has 1 aromatic heterocycles. The Bertz CT molecular complexity index is 1020. The predicted octanol–water partition coefficient (Wildman–Crippen LogP) is 5.06. The van der Waals surface area contributed by atoms with Gasteiger partial charge in [-0.3, -0.25) is 4.98 Å². The predicted molar refractivity (Wildman–Crippen MR) is 110 cm³/mol. The summed E-state index contributed by atoms with van der Waals surface area (Å²) in [5.41, 5.74) is 9.81. The number of benzene rings is 3. The number of ether oxygens (including phenoxy) is 1. The van der Waals surface area contributed by atoms with Gasteiger partial charge in [-0.25, -0.2) is 0 Å². The summed E-state index contributed by atoms with van der Waals surface area (Å²) in [6.07, 6.45) is 4.29. The molecule has 1 atom stereocenters. The number of nitrogens with zero attached hydrogens (tertiary/aromatic N) is 1. The Morgan fingerprint density at radius 1 is 0.852 bits per heavy atom. The summed E-state index contributed by atoms with van der Waals surface area (Å²) in [6, 6.07) is 26.5. The second-order valence-corrected chi connectivity index (χ2v) is 6.63. The van der Waals surface area contributed by atoms with E-state index in [0.29, 0.717) is 13.0 Å². The summed E-state index contributed by atoms with van der Waals surface area (Å²) in [5, 5.41) is 2.38. The van der Waals surface area contributed by atoms with E-state index < -0.39 is 0 Å². The molecule has 27 heavy (non-hydrogen) atoms. The molecule has 0 spiro atoms. The highest BCUT2D eigenvalue weighted by atomic mass is 16.5. The van der Waals surface area contributed by atoms with Gasteiger partial charge in [0.25, 0.3) is 0 Å². The third kappa shape index (κ3) is 3.99. The van der Waals surface area contributed by atoms with Crippen LogP contribution in [0.4, 0.5) is 0 Å². The number of pyridine rings is 1. The van der Waals surface area contributed by atoms with E-state index in [1.807, 2.05) is 36.5 Å². The molecule has 134 valence electrons. The molecule has 0 aliphatic carbocycles. The molecule has 0 fully saturated rings. The maximum atomic E-state index is 6.50. The topological polar surface area (TPSA) is 48.1 Å². The van der Waals surface area contributed by atoms with E-state index in [9.17, 15) is 0 Å². The van der Waals surface area contributed by atoms with Crippen LogP contribution in [0.3, 0.4) is 0 Å². The maximum Gasteiger partial charge on any atom is 0.123 e. The Kier molecular flexibility index (Phi) is 5.13. The molecule has 0 radical (unpaired) electrons. The van der Waals surface area contributed by atoms with Crippen LogP contribution in [0, 0.1) is 0 Å². The van der Waals surface area contributed by atoms with Crippen molar-refractivity contribution in [3.8, 4) is 5.75 Å². The molecule has 0 aliphatic rings. The van der Waals surface area contributed by atoms with Gasteiger partial charge in [0.15, 0.2) is 0 Å². The number of fused-ring (bicyclic) bond motifs is 1. The van der Waals surface area contributed by atoms with Crippen molar-refractivity contribution in [2.75, 3.05) is 0 Å². The van der Waals surface area contributed by atoms with Crippen LogP contribution in [0.1, 0.15) is 22.7 Å². The zero-order chi connectivity index (χ0) is 18.5. The number of rotatable bonds is 6. The summed E-state index contributed by atoms with van der Waals surface area (Å²) in [7, 11) is 0. The lowest BCUT2D eigenvalue weighted by Gasteiger charge is -2.18. The van der Waals surface area contributed by atoms with Gasteiger partial charge in [0.1, 0.15) is 12.4 Å². The zero-order valence-electron chi connectivity index (χ0n) is 15.1. The summed E-state index contributed by atoms with van der Waals surface area (Å²) in [5.74, 6) is 0.886. The van der Waals surface area contributed by atoms with Crippen molar-refractivity contribution in [1.82, 2.24) is 4.98 Å². The molecular weight excluding hydrogens is 332 g/mol. The standard InChI is InChI=1S/C24H22N2O/c25-23(20-10-6-14-26-16-20)15-22-21-11-5-4-9-19(21)12-13-24(22)27-17-18-7-2-1-3-8-18/h1-14,16,23H,15,17,25H2. The second kappa shape index (κ2) is 8.02. The van der Waals surface area contributed by atoms with Gasteiger partial charge < -0.3 is 10.5 Å². The van der Waals surface area contributed by atoms with Gasteiger partial charge in [0.2, 0.25) is 0 Å². The Labute approximate surface area is 159 Å². The van der Waals surface area contributed by atoms with Crippen LogP contribution in [0.2, 0.25) is 0 Å². The van der Waals surface area contributed by atoms with Crippen LogP contribution < -0.4 is 10.5 Å². The van der Waals surface area contributed by atoms with E-state index in [4.69, 9.17) is 10.5 Å². The first-order valence-electron chi connectivity index (χ1n) is 9.14. The minimum atomic E-state index is -0.136. The molecule has 3 aromatic carbocycles. The average Bonchev–Trinajstić information content (AvgIpc) is 2.74. The van der Waals surface area contributed by atoms with E-state index >= 15 is 0 Å². The lowest BCUT2D eigenvalue weighted by atomic mass is 9.95. The van der Waals surface area contributed by atoms with Gasteiger partial charge in [-0.05, 0) is 40.5 Å². The Morgan fingerprint density at radius 3 is 2.48 bits per heavy atom. The Hall–Kier alpha value is -3.17. The highest BCUT2D eigenvalue weighted by Gasteiger charge is 2.14. The molecule has 1 unspecified atom stereocenters. The van der Waals surface area contributed by atoms with Crippen molar-refractivity contribution in [2.24, 2.45) is 5.73 Å². The van der Waals surface area contributed by atoms with Crippen molar-refractivity contribution >= 4 is 10.8 Å². The first kappa shape index (κ1) is 17.3. The smallest absolute Gasteiger partial charge is 0.123 e. The molecule has 2 N–H and O–H groups in total. The molecule has 3 heteroatoms. The molecule has 4 rings (SSSR count). The molecule has 0 aliphatic heterocycles. The largest absolute Gasteiger partial charge is 0.489 e. The lowest BCUT2D eigenvalue weighted by Crippen LogP contribution is -2.14. The van der Waals surface area contributed by atoms with E-state index in [1.165, 1.54) is 10.8 Å². The monoisotopic (exact) mass is 354 g/mol. The molecule has 4 aromatic rings. The fraction of sp³-hybridized carbons (Fsp3) is 0.125. The maximum absolute atomic E-state index is 6.50. The van der Waals surface area contributed by atoms with E-state index in [1.54, 1.807) is 6.20 Å². The first-order valence-corrected chi connectivity index (χ1v) is 9.14. The van der Waals surface area contributed by atoms with Crippen LogP contribution in [-0.4, -0.2) is 4.98 Å². The molecular formula is C24H22N2O. The normalized spacial score (nSPS) is 12.0. The summed E-state index contributed by atoms with van der Waals surface area (Å²) in [6.45, 7) is 0.536. The first-order chi connectivity index (χ1) is 13.3. The molecule has 0 saturated heterocycles. The molecule has 0 bridgehead atoms. The van der Waals surface area contributed by atoms with Crippen LogP contribution in [0.15, 0.2) is 91.3 Å². The van der Waals surface area contributed by atoms with Crippen LogP contribution in [0.25, 0.3) is 10.8 Å². The lowest BCUT2D eigenvalue weighted by molar-refractivity contribution is 0.303. The SMILES string of the molecule is NC(Cc1c(OCc2ccccc2)ccc2ccccc12)c1cccnc1. The van der Waals surface area contributed by atoms with Gasteiger partial charge in [0.05, 0.1) is 0 Å². The quantitative estimate of drug-likeness (QED) is 0.527. The van der Waals surface area contributed by atoms with E-state index in [-0.39, 0.29) is 6.04 Å². The van der Waals surface area contributed by atoms with E-state index in [0.717, 1.165) is 22.4 Å². The second-order valence-electron chi connectivity index (χ2n) is 6.63. The Morgan fingerprint density at radius 2 is 1.67 bits per heavy atom. The highest BCUT2D eigenvalue weighted by molar-refractivity contribution is 5.87. The minimum Gasteiger partial charge on any atom is -0.489 e. The number of hydrogen-bond donors (Lipinski definition) is 1. The number of hydrogen-bond acceptors (Lipinski definition) is 3. The van der Waals surface area contributed by atoms with Crippen LogP contribution >= 0.6 is 0 Å². The number of aromatic nitrogens is 1. The molecule has 0 amide bonds. The van der Waals surface area contributed by atoms with Crippen LogP contribution in [0.5, 0.6) is 5.75 Å². The van der Waals surface area contributed by atoms with Gasteiger partial charge >= 0.3 is 0 Å². The molecule has 1 heterocycles. The van der Waals surface area contributed by atoms with E-state index in [2.05, 4.69) is 53.5 Å². The van der Waals surface area contributed by atoms with Gasteiger partial charge in [0, 0.05) is 24.0 Å². The third-order valence-corrected chi connectivity index (χ3v) is 4.77. The highest BCUT2D eigenvalue weighted by Crippen LogP contribution is 2.32. The summed E-state index contributed by atoms with van der Waals surface area (Å²) < 4.78 is 6.20. The van der Waals surface area contributed by atoms with Gasteiger partial charge in [-0.15, -0.1) is 0 Å². The zero-order valence-corrected chi connectivity index (χ0v) is 15.1. The van der Waals surface area contributed by atoms with Crippen molar-refractivity contribution in [1.29, 1.82) is 0 Å². The van der Waals surface area contributed by atoms with Gasteiger partial charge in [-0.2, -0.15) is 0 Å². The van der Waals surface area contributed by atoms with Crippen molar-refractivity contribution in [2.45, 2.75) is 19.1 Å². The van der Waals surface area contributed by atoms with Crippen molar-refractivity contribution < 1.29 is 4.74 Å². The van der Waals surface area contributed by atoms with Crippen molar-refractivity contribution in [3.63, 3.8) is 0 Å². The summed E-state index contributed by atoms with van der Waals surface area (Å²) >= 11 is 0. The fourth-order valence-corrected chi connectivity index (χ4v) is 3.33. The minimum absolute atomic E-state index is 0.136. The Balaban J connectivity index is 1.67. The molecule has 3 nitrogen and oxygen atoms in total. The van der Waals surface area contributed by atoms with Crippen LogP contribution in [-0.2, 0) is 13.0 Å². The number of nitrogens with two attached hydrogens (primary N) is 1. The fourth-order valence-electron chi connectivity index (χ4n) is 3.33. The average molecular weight is 354 g/mol. The van der Waals surface area contributed by atoms with Gasteiger partial charge in [-0.1, -0.05) is 66.7 Å². The summed E-state index contributed by atoms with van der Waals surface area (Å²) in [4.78, 5) is 4.20. The molecule has 0 saturated carbocycles. The third-order valence-electron chi connectivity index (χ3n) is 4.77.